The Labute approximate surface area is 162 Å². The first-order chi connectivity index (χ1) is 12.2. The first-order valence-electron chi connectivity index (χ1n) is 9.15. The molecule has 1 atom stereocenters. The molecule has 0 bridgehead atoms. The van der Waals surface area contributed by atoms with Crippen LogP contribution < -0.4 is 9.62 Å². The Morgan fingerprint density at radius 1 is 1.23 bits per heavy atom. The van der Waals surface area contributed by atoms with Crippen LogP contribution in [0.1, 0.15) is 43.7 Å². The molecule has 1 aromatic rings. The summed E-state index contributed by atoms with van der Waals surface area (Å²) in [5.74, 6) is 0.604. The van der Waals surface area contributed by atoms with E-state index in [-0.39, 0.29) is 5.91 Å². The van der Waals surface area contributed by atoms with Crippen LogP contribution in [0.5, 0.6) is 0 Å². The minimum Gasteiger partial charge on any atom is -0.353 e. The number of hydrogen-bond acceptors (Lipinski definition) is 4. The van der Waals surface area contributed by atoms with Crippen molar-refractivity contribution in [1.82, 2.24) is 5.32 Å². The Morgan fingerprint density at radius 3 is 2.35 bits per heavy atom. The first kappa shape index (κ1) is 21.1. The summed E-state index contributed by atoms with van der Waals surface area (Å²) in [6.45, 7) is 6.04. The largest absolute Gasteiger partial charge is 0.353 e. The van der Waals surface area contributed by atoms with E-state index >= 15 is 0 Å². The molecule has 0 heterocycles. The molecule has 0 radical (unpaired) electrons. The summed E-state index contributed by atoms with van der Waals surface area (Å²) in [6.07, 6.45) is 6.29. The number of hydrogen-bond donors (Lipinski definition) is 1. The van der Waals surface area contributed by atoms with E-state index in [2.05, 4.69) is 5.32 Å². The van der Waals surface area contributed by atoms with Crippen molar-refractivity contribution >= 4 is 33.4 Å². The summed E-state index contributed by atoms with van der Waals surface area (Å²) in [7, 11) is -3.57. The van der Waals surface area contributed by atoms with Gasteiger partial charge in [0.1, 0.15) is 6.04 Å². The van der Waals surface area contributed by atoms with Crippen molar-refractivity contribution in [2.75, 3.05) is 22.9 Å². The van der Waals surface area contributed by atoms with E-state index in [9.17, 15) is 13.2 Å². The van der Waals surface area contributed by atoms with E-state index in [1.165, 1.54) is 30.0 Å². The number of nitrogens with one attached hydrogen (secondary N) is 1. The predicted octanol–water partition coefficient (Wildman–Crippen LogP) is 3.25. The molecule has 1 fully saturated rings. The van der Waals surface area contributed by atoms with Crippen LogP contribution in [0.2, 0.25) is 0 Å². The third kappa shape index (κ3) is 5.91. The van der Waals surface area contributed by atoms with Gasteiger partial charge < -0.3 is 5.32 Å². The average Bonchev–Trinajstić information content (AvgIpc) is 3.02. The Balaban J connectivity index is 2.01. The molecule has 5 nitrogen and oxygen atoms in total. The summed E-state index contributed by atoms with van der Waals surface area (Å²) in [5.41, 5.74) is 2.47. The standard InChI is InChI=1S/C19H30N2O3S2/c1-14-11-15(2)13-17(12-14)21(26(4,23)24)16(3)19(22)20-9-10-25-18-7-5-6-8-18/h11-13,16,18H,5-10H2,1-4H3,(H,20,22). The topological polar surface area (TPSA) is 66.5 Å². The zero-order valence-corrected chi connectivity index (χ0v) is 17.8. The molecular formula is C19H30N2O3S2. The number of nitrogens with zero attached hydrogens (tertiary/aromatic N) is 1. The van der Waals surface area contributed by atoms with Gasteiger partial charge in [-0.15, -0.1) is 0 Å². The van der Waals surface area contributed by atoms with Crippen LogP contribution >= 0.6 is 11.8 Å². The fourth-order valence-corrected chi connectivity index (χ4v) is 5.87. The van der Waals surface area contributed by atoms with Gasteiger partial charge in [-0.3, -0.25) is 9.10 Å². The highest BCUT2D eigenvalue weighted by atomic mass is 32.2. The average molecular weight is 399 g/mol. The van der Waals surface area contributed by atoms with Crippen molar-refractivity contribution in [2.24, 2.45) is 0 Å². The third-order valence-electron chi connectivity index (χ3n) is 4.61. The quantitative estimate of drug-likeness (QED) is 0.683. The Morgan fingerprint density at radius 2 is 1.81 bits per heavy atom. The molecule has 7 heteroatoms. The molecule has 26 heavy (non-hydrogen) atoms. The first-order valence-corrected chi connectivity index (χ1v) is 12.0. The number of benzene rings is 1. The van der Waals surface area contributed by atoms with Crippen molar-refractivity contribution < 1.29 is 13.2 Å². The Bertz CT molecular complexity index is 708. The van der Waals surface area contributed by atoms with Gasteiger partial charge in [0.05, 0.1) is 11.9 Å². The minimum atomic E-state index is -3.57. The molecule has 1 aromatic carbocycles. The summed E-state index contributed by atoms with van der Waals surface area (Å²) in [4.78, 5) is 12.5. The predicted molar refractivity (Wildman–Crippen MR) is 110 cm³/mol. The van der Waals surface area contributed by atoms with Crippen LogP contribution in [0, 0.1) is 13.8 Å². The molecule has 0 aromatic heterocycles. The summed E-state index contributed by atoms with van der Waals surface area (Å²) in [6, 6.07) is 4.79. The van der Waals surface area contributed by atoms with Gasteiger partial charge in [-0.25, -0.2) is 8.42 Å². The highest BCUT2D eigenvalue weighted by Crippen LogP contribution is 2.29. The van der Waals surface area contributed by atoms with E-state index in [0.717, 1.165) is 23.1 Å². The van der Waals surface area contributed by atoms with Crippen LogP contribution in [0.25, 0.3) is 0 Å². The van der Waals surface area contributed by atoms with Gasteiger partial charge in [0, 0.05) is 17.5 Å². The zero-order valence-electron chi connectivity index (χ0n) is 16.1. The Hall–Kier alpha value is -1.21. The maximum Gasteiger partial charge on any atom is 0.243 e. The zero-order chi connectivity index (χ0) is 19.3. The van der Waals surface area contributed by atoms with Crippen LogP contribution in [0.3, 0.4) is 0 Å². The second-order valence-electron chi connectivity index (χ2n) is 7.15. The van der Waals surface area contributed by atoms with Gasteiger partial charge in [-0.1, -0.05) is 18.9 Å². The van der Waals surface area contributed by atoms with E-state index in [1.807, 2.05) is 31.7 Å². The number of amides is 1. The van der Waals surface area contributed by atoms with Gasteiger partial charge in [0.25, 0.3) is 0 Å². The second kappa shape index (κ2) is 9.13. The van der Waals surface area contributed by atoms with Gasteiger partial charge in [-0.2, -0.15) is 11.8 Å². The normalized spacial score (nSPS) is 16.5. The maximum atomic E-state index is 12.5. The van der Waals surface area contributed by atoms with Crippen LogP contribution in [-0.2, 0) is 14.8 Å². The van der Waals surface area contributed by atoms with Crippen LogP contribution in [0.4, 0.5) is 5.69 Å². The molecule has 146 valence electrons. The van der Waals surface area contributed by atoms with Crippen molar-refractivity contribution in [3.05, 3.63) is 29.3 Å². The third-order valence-corrected chi connectivity index (χ3v) is 7.23. The van der Waals surface area contributed by atoms with E-state index in [1.54, 1.807) is 19.1 Å². The lowest BCUT2D eigenvalue weighted by Crippen LogP contribution is -2.48. The minimum absolute atomic E-state index is 0.262. The molecule has 1 saturated carbocycles. The SMILES string of the molecule is Cc1cc(C)cc(N(C(C)C(=O)NCCSC2CCCC2)S(C)(=O)=O)c1. The number of sulfonamides is 1. The number of rotatable bonds is 8. The summed E-state index contributed by atoms with van der Waals surface area (Å²) < 4.78 is 25.9. The molecule has 1 unspecified atom stereocenters. The lowest BCUT2D eigenvalue weighted by Gasteiger charge is -2.28. The van der Waals surface area contributed by atoms with Crippen molar-refractivity contribution in [1.29, 1.82) is 0 Å². The molecule has 1 aliphatic rings. The molecule has 0 spiro atoms. The highest BCUT2D eigenvalue weighted by molar-refractivity contribution is 7.99. The number of thioether (sulfide) groups is 1. The lowest BCUT2D eigenvalue weighted by atomic mass is 10.1. The summed E-state index contributed by atoms with van der Waals surface area (Å²) >= 11 is 1.91. The number of aryl methyl sites for hydroxylation is 2. The van der Waals surface area contributed by atoms with E-state index in [4.69, 9.17) is 0 Å². The van der Waals surface area contributed by atoms with Gasteiger partial charge >= 0.3 is 0 Å². The molecule has 1 aliphatic carbocycles. The Kier molecular flexibility index (Phi) is 7.41. The smallest absolute Gasteiger partial charge is 0.243 e. The molecule has 1 N–H and O–H groups in total. The molecular weight excluding hydrogens is 368 g/mol. The fraction of sp³-hybridized carbons (Fsp3) is 0.632. The second-order valence-corrected chi connectivity index (χ2v) is 10.4. The van der Waals surface area contributed by atoms with Crippen molar-refractivity contribution in [3.63, 3.8) is 0 Å². The molecule has 0 aliphatic heterocycles. The number of carbonyl (C=O) groups is 1. The lowest BCUT2D eigenvalue weighted by molar-refractivity contribution is -0.121. The molecule has 2 rings (SSSR count). The van der Waals surface area contributed by atoms with Crippen LogP contribution in [0.15, 0.2) is 18.2 Å². The van der Waals surface area contributed by atoms with E-state index in [0.29, 0.717) is 17.5 Å². The van der Waals surface area contributed by atoms with Crippen LogP contribution in [-0.4, -0.2) is 44.2 Å². The van der Waals surface area contributed by atoms with Gasteiger partial charge in [0.2, 0.25) is 15.9 Å². The maximum absolute atomic E-state index is 12.5. The van der Waals surface area contributed by atoms with Gasteiger partial charge in [0.15, 0.2) is 0 Å². The van der Waals surface area contributed by atoms with E-state index < -0.39 is 16.1 Å². The molecule has 1 amide bonds. The molecule has 0 saturated heterocycles. The number of anilines is 1. The van der Waals surface area contributed by atoms with Crippen molar-refractivity contribution in [3.8, 4) is 0 Å². The number of carbonyl (C=O) groups excluding carboxylic acids is 1. The van der Waals surface area contributed by atoms with Crippen molar-refractivity contribution in [2.45, 2.75) is 57.7 Å². The highest BCUT2D eigenvalue weighted by Gasteiger charge is 2.29. The summed E-state index contributed by atoms with van der Waals surface area (Å²) in [5, 5.41) is 3.61. The van der Waals surface area contributed by atoms with Gasteiger partial charge in [-0.05, 0) is 56.9 Å². The fourth-order valence-electron chi connectivity index (χ4n) is 3.49. The monoisotopic (exact) mass is 398 g/mol.